The summed E-state index contributed by atoms with van der Waals surface area (Å²) < 4.78 is 18.7. The van der Waals surface area contributed by atoms with Gasteiger partial charge in [-0.2, -0.15) is 0 Å². The van der Waals surface area contributed by atoms with Crippen molar-refractivity contribution in [2.75, 3.05) is 29.9 Å². The number of rotatable bonds is 9. The smallest absolute Gasteiger partial charge is 0.262 e. The lowest BCUT2D eigenvalue weighted by atomic mass is 10.1. The van der Waals surface area contributed by atoms with Gasteiger partial charge in [0.25, 0.3) is 5.91 Å². The van der Waals surface area contributed by atoms with E-state index in [-0.39, 0.29) is 29.9 Å². The molecule has 1 atom stereocenters. The maximum atomic E-state index is 13.2. The standard InChI is InChI=1S/C27H25ClFN3O4/c28-23-15-20(6-11-24(23)29)31-25(33)17-36-22-9-7-21(8-10-22)32-16-19(14-26(32)34)27(35)30-13-12-18-4-2-1-3-5-18/h1-11,15,19H,12-14,16-17H2,(H,30,35)(H,31,33)/t19-/m0/s1. The van der Waals surface area contributed by atoms with Crippen molar-refractivity contribution in [3.8, 4) is 5.75 Å². The number of carbonyl (C=O) groups is 3. The van der Waals surface area contributed by atoms with E-state index in [2.05, 4.69) is 10.6 Å². The zero-order valence-electron chi connectivity index (χ0n) is 19.4. The Labute approximate surface area is 213 Å². The topological polar surface area (TPSA) is 87.7 Å². The lowest BCUT2D eigenvalue weighted by Crippen LogP contribution is -2.34. The van der Waals surface area contributed by atoms with Crippen molar-refractivity contribution >= 4 is 40.7 Å². The highest BCUT2D eigenvalue weighted by atomic mass is 35.5. The molecular formula is C27H25ClFN3O4. The Kier molecular flexibility index (Phi) is 8.17. The molecule has 3 aromatic rings. The van der Waals surface area contributed by atoms with Crippen molar-refractivity contribution in [2.45, 2.75) is 12.8 Å². The molecule has 0 unspecified atom stereocenters. The first kappa shape index (κ1) is 25.2. The molecule has 2 N–H and O–H groups in total. The minimum Gasteiger partial charge on any atom is -0.484 e. The molecule has 186 valence electrons. The first-order valence-corrected chi connectivity index (χ1v) is 11.9. The second-order valence-corrected chi connectivity index (χ2v) is 8.80. The van der Waals surface area contributed by atoms with E-state index in [9.17, 15) is 18.8 Å². The van der Waals surface area contributed by atoms with E-state index in [1.807, 2.05) is 30.3 Å². The largest absolute Gasteiger partial charge is 0.484 e. The molecule has 1 heterocycles. The quantitative estimate of drug-likeness (QED) is 0.452. The first-order valence-electron chi connectivity index (χ1n) is 11.5. The molecule has 1 fully saturated rings. The number of amides is 3. The summed E-state index contributed by atoms with van der Waals surface area (Å²) in [5, 5.41) is 5.41. The third-order valence-electron chi connectivity index (χ3n) is 5.77. The Morgan fingerprint density at radius 3 is 2.53 bits per heavy atom. The lowest BCUT2D eigenvalue weighted by molar-refractivity contribution is -0.126. The maximum Gasteiger partial charge on any atom is 0.262 e. The molecule has 4 rings (SSSR count). The van der Waals surface area contributed by atoms with Crippen LogP contribution >= 0.6 is 11.6 Å². The van der Waals surface area contributed by atoms with Gasteiger partial charge in [0.2, 0.25) is 11.8 Å². The van der Waals surface area contributed by atoms with Crippen molar-refractivity contribution in [2.24, 2.45) is 5.92 Å². The van der Waals surface area contributed by atoms with E-state index in [4.69, 9.17) is 16.3 Å². The average Bonchev–Trinajstić information content (AvgIpc) is 3.27. The molecule has 3 amide bonds. The van der Waals surface area contributed by atoms with Crippen LogP contribution in [0, 0.1) is 11.7 Å². The number of nitrogens with zero attached hydrogens (tertiary/aromatic N) is 1. The van der Waals surface area contributed by atoms with E-state index in [0.717, 1.165) is 18.1 Å². The zero-order valence-corrected chi connectivity index (χ0v) is 20.1. The normalized spacial score (nSPS) is 15.0. The molecule has 1 aliphatic rings. The second-order valence-electron chi connectivity index (χ2n) is 8.39. The Morgan fingerprint density at radius 2 is 1.81 bits per heavy atom. The van der Waals surface area contributed by atoms with Crippen molar-refractivity contribution in [3.05, 3.63) is 89.2 Å². The highest BCUT2D eigenvalue weighted by Gasteiger charge is 2.34. The Morgan fingerprint density at radius 1 is 1.06 bits per heavy atom. The third-order valence-corrected chi connectivity index (χ3v) is 6.06. The van der Waals surface area contributed by atoms with E-state index >= 15 is 0 Å². The van der Waals surface area contributed by atoms with Crippen molar-refractivity contribution in [3.63, 3.8) is 0 Å². The molecule has 7 nitrogen and oxygen atoms in total. The molecule has 0 radical (unpaired) electrons. The fourth-order valence-corrected chi connectivity index (χ4v) is 4.07. The Bertz CT molecular complexity index is 1240. The molecule has 9 heteroatoms. The van der Waals surface area contributed by atoms with Crippen LogP contribution in [0.25, 0.3) is 0 Å². The van der Waals surface area contributed by atoms with Crippen LogP contribution in [-0.2, 0) is 20.8 Å². The second kappa shape index (κ2) is 11.7. The number of ether oxygens (including phenoxy) is 1. The van der Waals surface area contributed by atoms with Crippen molar-refractivity contribution in [1.82, 2.24) is 5.32 Å². The van der Waals surface area contributed by atoms with Gasteiger partial charge in [0.05, 0.1) is 10.9 Å². The van der Waals surface area contributed by atoms with Gasteiger partial charge in [-0.15, -0.1) is 0 Å². The summed E-state index contributed by atoms with van der Waals surface area (Å²) in [6.07, 6.45) is 0.886. The monoisotopic (exact) mass is 509 g/mol. The van der Waals surface area contributed by atoms with Gasteiger partial charge in [0.1, 0.15) is 11.6 Å². The number of anilines is 2. The van der Waals surface area contributed by atoms with Gasteiger partial charge in [-0.3, -0.25) is 14.4 Å². The summed E-state index contributed by atoms with van der Waals surface area (Å²) in [5.41, 5.74) is 2.15. The van der Waals surface area contributed by atoms with Crippen LogP contribution in [0.4, 0.5) is 15.8 Å². The van der Waals surface area contributed by atoms with Crippen LogP contribution < -0.4 is 20.3 Å². The zero-order chi connectivity index (χ0) is 25.5. The summed E-state index contributed by atoms with van der Waals surface area (Å²) >= 11 is 5.71. The number of hydrogen-bond donors (Lipinski definition) is 2. The summed E-state index contributed by atoms with van der Waals surface area (Å²) in [6.45, 7) is 0.558. The molecular weight excluding hydrogens is 485 g/mol. The molecule has 3 aromatic carbocycles. The van der Waals surface area contributed by atoms with E-state index in [0.29, 0.717) is 30.2 Å². The molecule has 1 saturated heterocycles. The minimum absolute atomic E-state index is 0.0901. The Hall–Kier alpha value is -3.91. The average molecular weight is 510 g/mol. The summed E-state index contributed by atoms with van der Waals surface area (Å²) in [7, 11) is 0. The maximum absolute atomic E-state index is 13.2. The van der Waals surface area contributed by atoms with Crippen LogP contribution in [0.5, 0.6) is 5.75 Å². The van der Waals surface area contributed by atoms with Gasteiger partial charge in [-0.25, -0.2) is 4.39 Å². The van der Waals surface area contributed by atoms with Gasteiger partial charge < -0.3 is 20.3 Å². The van der Waals surface area contributed by atoms with E-state index < -0.39 is 17.6 Å². The number of halogens is 2. The molecule has 1 aliphatic heterocycles. The molecule has 36 heavy (non-hydrogen) atoms. The van der Waals surface area contributed by atoms with Crippen LogP contribution in [0.1, 0.15) is 12.0 Å². The third kappa shape index (κ3) is 6.60. The predicted octanol–water partition coefficient (Wildman–Crippen LogP) is 4.21. The van der Waals surface area contributed by atoms with Gasteiger partial charge in [0.15, 0.2) is 6.61 Å². The van der Waals surface area contributed by atoms with Crippen LogP contribution in [0.2, 0.25) is 5.02 Å². The van der Waals surface area contributed by atoms with Crippen LogP contribution in [0.15, 0.2) is 72.8 Å². The van der Waals surface area contributed by atoms with E-state index in [1.54, 1.807) is 29.2 Å². The number of nitrogens with one attached hydrogen (secondary N) is 2. The van der Waals surface area contributed by atoms with Crippen LogP contribution in [0.3, 0.4) is 0 Å². The molecule has 0 spiro atoms. The fourth-order valence-electron chi connectivity index (χ4n) is 3.89. The van der Waals surface area contributed by atoms with Crippen molar-refractivity contribution in [1.29, 1.82) is 0 Å². The van der Waals surface area contributed by atoms with Gasteiger partial charge in [0, 0.05) is 30.9 Å². The highest BCUT2D eigenvalue weighted by Crippen LogP contribution is 2.27. The number of benzene rings is 3. The first-order chi connectivity index (χ1) is 17.4. The Balaban J connectivity index is 1.24. The molecule has 0 bridgehead atoms. The molecule has 0 aromatic heterocycles. The number of carbonyl (C=O) groups excluding carboxylic acids is 3. The summed E-state index contributed by atoms with van der Waals surface area (Å²) in [5.74, 6) is -1.23. The summed E-state index contributed by atoms with van der Waals surface area (Å²) in [6, 6.07) is 20.5. The van der Waals surface area contributed by atoms with Gasteiger partial charge in [-0.1, -0.05) is 41.9 Å². The molecule has 0 saturated carbocycles. The van der Waals surface area contributed by atoms with E-state index in [1.165, 1.54) is 12.1 Å². The van der Waals surface area contributed by atoms with Gasteiger partial charge in [-0.05, 0) is 54.4 Å². The number of hydrogen-bond acceptors (Lipinski definition) is 4. The predicted molar refractivity (Wildman–Crippen MR) is 136 cm³/mol. The summed E-state index contributed by atoms with van der Waals surface area (Å²) in [4.78, 5) is 38.8. The van der Waals surface area contributed by atoms with Crippen LogP contribution in [-0.4, -0.2) is 37.4 Å². The fraction of sp³-hybridized carbons (Fsp3) is 0.222. The SMILES string of the molecule is O=C(COc1ccc(N2C[C@@H](C(=O)NCCc3ccccc3)CC2=O)cc1)Nc1ccc(F)c(Cl)c1. The molecule has 0 aliphatic carbocycles. The lowest BCUT2D eigenvalue weighted by Gasteiger charge is -2.17. The van der Waals surface area contributed by atoms with Crippen molar-refractivity contribution < 1.29 is 23.5 Å². The highest BCUT2D eigenvalue weighted by molar-refractivity contribution is 6.31. The minimum atomic E-state index is -0.572. The van der Waals surface area contributed by atoms with Gasteiger partial charge >= 0.3 is 0 Å².